The molecule has 4 rings (SSSR count). The third-order valence-corrected chi connectivity index (χ3v) is 5.59. The molecule has 0 radical (unpaired) electrons. The number of hydrogen-bond acceptors (Lipinski definition) is 5. The maximum Gasteiger partial charge on any atom is 0.278 e. The quantitative estimate of drug-likeness (QED) is 0.369. The van der Waals surface area contributed by atoms with Crippen molar-refractivity contribution in [1.29, 1.82) is 0 Å². The number of carbonyl (C=O) groups excluding carboxylic acids is 1. The van der Waals surface area contributed by atoms with Crippen LogP contribution in [0.25, 0.3) is 0 Å². The van der Waals surface area contributed by atoms with E-state index in [1.165, 1.54) is 0 Å². The second kappa shape index (κ2) is 9.40. The lowest BCUT2D eigenvalue weighted by Crippen LogP contribution is -2.15. The van der Waals surface area contributed by atoms with E-state index in [9.17, 15) is 4.79 Å². The molecule has 164 valence electrons. The van der Waals surface area contributed by atoms with Gasteiger partial charge in [0, 0.05) is 10.7 Å². The van der Waals surface area contributed by atoms with Gasteiger partial charge in [0.1, 0.15) is 18.1 Å². The lowest BCUT2D eigenvalue weighted by Gasteiger charge is -2.10. The Morgan fingerprint density at radius 1 is 1.16 bits per heavy atom. The summed E-state index contributed by atoms with van der Waals surface area (Å²) >= 11 is 3.43. The van der Waals surface area contributed by atoms with Crippen molar-refractivity contribution in [3.05, 3.63) is 93.0 Å². The van der Waals surface area contributed by atoms with Gasteiger partial charge in [-0.3, -0.25) is 9.48 Å². The van der Waals surface area contributed by atoms with Gasteiger partial charge in [-0.05, 0) is 55.7 Å². The maximum atomic E-state index is 12.9. The van der Waals surface area contributed by atoms with E-state index < -0.39 is 0 Å². The minimum Gasteiger partial charge on any atom is -0.488 e. The van der Waals surface area contributed by atoms with Gasteiger partial charge in [-0.25, -0.2) is 0 Å². The fourth-order valence-corrected chi connectivity index (χ4v) is 3.50. The highest BCUT2D eigenvalue weighted by molar-refractivity contribution is 9.10. The van der Waals surface area contributed by atoms with E-state index >= 15 is 0 Å². The molecule has 0 saturated carbocycles. The topological polar surface area (TPSA) is 82.2 Å². The first-order valence-corrected chi connectivity index (χ1v) is 10.9. The molecular weight excluding hydrogens is 472 g/mol. The van der Waals surface area contributed by atoms with Crippen molar-refractivity contribution in [3.8, 4) is 5.75 Å². The number of amides is 1. The monoisotopic (exact) mass is 494 g/mol. The molecule has 1 amide bonds. The highest BCUT2D eigenvalue weighted by Gasteiger charge is 2.21. The average Bonchev–Trinajstić information content (AvgIpc) is 3.36. The third-order valence-electron chi connectivity index (χ3n) is 5.06. The molecule has 7 nitrogen and oxygen atoms in total. The molecule has 0 unspecified atom stereocenters. The summed E-state index contributed by atoms with van der Waals surface area (Å²) in [6.45, 7) is 6.54. The summed E-state index contributed by atoms with van der Waals surface area (Å²) in [6, 6.07) is 14.0. The number of ether oxygens (including phenoxy) is 1. The molecule has 0 spiro atoms. The molecule has 0 fully saturated rings. The molecule has 4 aromatic rings. The predicted molar refractivity (Wildman–Crippen MR) is 125 cm³/mol. The van der Waals surface area contributed by atoms with Crippen molar-refractivity contribution in [1.82, 2.24) is 14.9 Å². The first-order chi connectivity index (χ1) is 15.4. The van der Waals surface area contributed by atoms with Crippen LogP contribution in [0.5, 0.6) is 5.75 Å². The molecule has 2 aromatic carbocycles. The number of anilines is 1. The molecule has 0 aliphatic heterocycles. The summed E-state index contributed by atoms with van der Waals surface area (Å²) in [5, 5.41) is 11.1. The van der Waals surface area contributed by atoms with Crippen LogP contribution in [0.15, 0.2) is 63.9 Å². The lowest BCUT2D eigenvalue weighted by molar-refractivity contribution is 0.101. The van der Waals surface area contributed by atoms with E-state index in [0.717, 1.165) is 26.9 Å². The minimum absolute atomic E-state index is 0.186. The first kappa shape index (κ1) is 21.8. The molecule has 2 heterocycles. The first-order valence-electron chi connectivity index (χ1n) is 10.1. The van der Waals surface area contributed by atoms with Crippen LogP contribution in [-0.2, 0) is 13.2 Å². The standard InChI is InChI=1S/C24H23BrN4O3/c1-15-4-5-16(2)22(10-15)31-14-21-17(3)32-28-23(21)24(30)27-20-11-26-29(13-20)12-18-6-8-19(25)9-7-18/h4-11,13H,12,14H2,1-3H3,(H,27,30). The lowest BCUT2D eigenvalue weighted by atomic mass is 10.1. The molecule has 1 N–H and O–H groups in total. The number of nitrogens with one attached hydrogen (secondary N) is 1. The van der Waals surface area contributed by atoms with Gasteiger partial charge in [0.2, 0.25) is 0 Å². The Labute approximate surface area is 194 Å². The SMILES string of the molecule is Cc1ccc(C)c(OCc2c(C(=O)Nc3cnn(Cc4ccc(Br)cc4)c3)noc2C)c1. The number of aromatic nitrogens is 3. The van der Waals surface area contributed by atoms with Crippen molar-refractivity contribution in [2.24, 2.45) is 0 Å². The van der Waals surface area contributed by atoms with Crippen LogP contribution < -0.4 is 10.1 Å². The molecule has 0 saturated heterocycles. The molecule has 8 heteroatoms. The number of nitrogens with zero attached hydrogens (tertiary/aromatic N) is 3. The smallest absolute Gasteiger partial charge is 0.278 e. The van der Waals surface area contributed by atoms with E-state index in [2.05, 4.69) is 31.5 Å². The van der Waals surface area contributed by atoms with E-state index in [1.54, 1.807) is 24.0 Å². The number of carbonyl (C=O) groups is 1. The number of aryl methyl sites for hydroxylation is 3. The van der Waals surface area contributed by atoms with Crippen molar-refractivity contribution in [3.63, 3.8) is 0 Å². The zero-order chi connectivity index (χ0) is 22.7. The number of benzene rings is 2. The Hall–Kier alpha value is -3.39. The highest BCUT2D eigenvalue weighted by Crippen LogP contribution is 2.23. The van der Waals surface area contributed by atoms with Gasteiger partial charge in [0.05, 0.1) is 24.0 Å². The van der Waals surface area contributed by atoms with E-state index in [0.29, 0.717) is 23.6 Å². The van der Waals surface area contributed by atoms with Crippen LogP contribution in [0.3, 0.4) is 0 Å². The number of rotatable bonds is 7. The van der Waals surface area contributed by atoms with E-state index in [-0.39, 0.29) is 18.2 Å². The van der Waals surface area contributed by atoms with Crippen LogP contribution in [0.4, 0.5) is 5.69 Å². The Kier molecular flexibility index (Phi) is 6.41. The van der Waals surface area contributed by atoms with Gasteiger partial charge in [-0.1, -0.05) is 45.4 Å². The molecule has 0 aliphatic rings. The molecule has 0 atom stereocenters. The van der Waals surface area contributed by atoms with Gasteiger partial charge in [0.15, 0.2) is 5.69 Å². The Balaban J connectivity index is 1.43. The largest absolute Gasteiger partial charge is 0.488 e. The minimum atomic E-state index is -0.371. The summed E-state index contributed by atoms with van der Waals surface area (Å²) < 4.78 is 14.0. The van der Waals surface area contributed by atoms with Gasteiger partial charge < -0.3 is 14.6 Å². The molecule has 2 aromatic heterocycles. The Morgan fingerprint density at radius 2 is 1.94 bits per heavy atom. The summed E-state index contributed by atoms with van der Waals surface area (Å²) in [6.07, 6.45) is 3.38. The van der Waals surface area contributed by atoms with Gasteiger partial charge >= 0.3 is 0 Å². The van der Waals surface area contributed by atoms with Gasteiger partial charge in [0.25, 0.3) is 5.91 Å². The molecule has 32 heavy (non-hydrogen) atoms. The highest BCUT2D eigenvalue weighted by atomic mass is 79.9. The number of hydrogen-bond donors (Lipinski definition) is 1. The molecule has 0 aliphatic carbocycles. The second-order valence-electron chi connectivity index (χ2n) is 7.63. The van der Waals surface area contributed by atoms with E-state index in [4.69, 9.17) is 9.26 Å². The second-order valence-corrected chi connectivity index (χ2v) is 8.55. The van der Waals surface area contributed by atoms with Crippen LogP contribution in [0, 0.1) is 20.8 Å². The van der Waals surface area contributed by atoms with Crippen LogP contribution in [0.2, 0.25) is 0 Å². The van der Waals surface area contributed by atoms with Crippen molar-refractivity contribution in [2.45, 2.75) is 33.9 Å². The van der Waals surface area contributed by atoms with Crippen molar-refractivity contribution in [2.75, 3.05) is 5.32 Å². The van der Waals surface area contributed by atoms with E-state index in [1.807, 2.05) is 56.3 Å². The Morgan fingerprint density at radius 3 is 2.72 bits per heavy atom. The van der Waals surface area contributed by atoms with Crippen LogP contribution >= 0.6 is 15.9 Å². The van der Waals surface area contributed by atoms with Crippen LogP contribution in [0.1, 0.15) is 38.5 Å². The molecule has 0 bridgehead atoms. The van der Waals surface area contributed by atoms with Crippen molar-refractivity contribution >= 4 is 27.5 Å². The van der Waals surface area contributed by atoms with Gasteiger partial charge in [-0.15, -0.1) is 0 Å². The normalized spacial score (nSPS) is 10.9. The van der Waals surface area contributed by atoms with Gasteiger partial charge in [-0.2, -0.15) is 5.10 Å². The summed E-state index contributed by atoms with van der Waals surface area (Å²) in [5.74, 6) is 0.946. The predicted octanol–water partition coefficient (Wildman–Crippen LogP) is 5.44. The average molecular weight is 495 g/mol. The summed E-state index contributed by atoms with van der Waals surface area (Å²) in [7, 11) is 0. The zero-order valence-corrected chi connectivity index (χ0v) is 19.6. The summed E-state index contributed by atoms with van der Waals surface area (Å²) in [4.78, 5) is 12.9. The maximum absolute atomic E-state index is 12.9. The fourth-order valence-electron chi connectivity index (χ4n) is 3.23. The Bertz CT molecular complexity index is 1240. The summed E-state index contributed by atoms with van der Waals surface area (Å²) in [5.41, 5.74) is 4.63. The zero-order valence-electron chi connectivity index (χ0n) is 18.1. The third kappa shape index (κ3) is 5.08. The molecular formula is C24H23BrN4O3. The van der Waals surface area contributed by atoms with Crippen LogP contribution in [-0.4, -0.2) is 20.8 Å². The fraction of sp³-hybridized carbons (Fsp3) is 0.208. The van der Waals surface area contributed by atoms with Crippen molar-refractivity contribution < 1.29 is 14.1 Å². The number of halogens is 1.